The Bertz CT molecular complexity index is 571. The van der Waals surface area contributed by atoms with E-state index in [2.05, 4.69) is 35.0 Å². The molecular formula is C17H22N2O. The van der Waals surface area contributed by atoms with Gasteiger partial charge in [0.15, 0.2) is 0 Å². The van der Waals surface area contributed by atoms with E-state index in [1.165, 1.54) is 5.39 Å². The van der Waals surface area contributed by atoms with Gasteiger partial charge in [0.1, 0.15) is 0 Å². The molecule has 0 radical (unpaired) electrons. The summed E-state index contributed by atoms with van der Waals surface area (Å²) in [7, 11) is 2.15. The molecule has 3 heteroatoms. The van der Waals surface area contributed by atoms with Crippen molar-refractivity contribution in [3.05, 3.63) is 48.0 Å². The number of benzene rings is 2. The Morgan fingerprint density at radius 3 is 2.50 bits per heavy atom. The highest BCUT2D eigenvalue weighted by molar-refractivity contribution is 5.85. The van der Waals surface area contributed by atoms with E-state index in [9.17, 15) is 5.11 Å². The fourth-order valence-corrected chi connectivity index (χ4v) is 2.91. The summed E-state index contributed by atoms with van der Waals surface area (Å²) in [4.78, 5) is 4.69. The first-order chi connectivity index (χ1) is 9.74. The molecule has 0 aromatic heterocycles. The van der Waals surface area contributed by atoms with E-state index in [1.807, 2.05) is 24.3 Å². The summed E-state index contributed by atoms with van der Waals surface area (Å²) in [6, 6.07) is 14.4. The van der Waals surface area contributed by atoms with Crippen molar-refractivity contribution in [1.82, 2.24) is 9.80 Å². The SMILES string of the molecule is CN1CCN(C[C@@H](O)c2cccc3ccccc23)CC1. The minimum Gasteiger partial charge on any atom is -0.387 e. The number of aliphatic hydroxyl groups excluding tert-OH is 1. The van der Waals surface area contributed by atoms with Crippen LogP contribution in [0.4, 0.5) is 0 Å². The maximum Gasteiger partial charge on any atom is 0.0922 e. The number of aliphatic hydroxyl groups is 1. The summed E-state index contributed by atoms with van der Waals surface area (Å²) in [5.41, 5.74) is 1.04. The second kappa shape index (κ2) is 5.92. The van der Waals surface area contributed by atoms with Crippen LogP contribution in [0, 0.1) is 0 Å². The van der Waals surface area contributed by atoms with Gasteiger partial charge in [-0.25, -0.2) is 0 Å². The van der Waals surface area contributed by atoms with E-state index in [1.54, 1.807) is 0 Å². The van der Waals surface area contributed by atoms with Crippen LogP contribution in [-0.2, 0) is 0 Å². The molecule has 2 aromatic carbocycles. The van der Waals surface area contributed by atoms with Crippen LogP contribution in [0.15, 0.2) is 42.5 Å². The van der Waals surface area contributed by atoms with Gasteiger partial charge in [0.25, 0.3) is 0 Å². The van der Waals surface area contributed by atoms with Gasteiger partial charge in [-0.3, -0.25) is 4.90 Å². The molecule has 1 fully saturated rings. The molecule has 1 aliphatic heterocycles. The van der Waals surface area contributed by atoms with Crippen molar-refractivity contribution < 1.29 is 5.11 Å². The quantitative estimate of drug-likeness (QED) is 0.925. The molecule has 1 saturated heterocycles. The standard InChI is InChI=1S/C17H22N2O/c1-18-9-11-19(12-10-18)13-17(20)16-8-4-6-14-5-2-3-7-15(14)16/h2-8,17,20H,9-13H2,1H3/t17-/m1/s1. The maximum atomic E-state index is 10.6. The molecule has 0 bridgehead atoms. The molecule has 0 aliphatic carbocycles. The average molecular weight is 270 g/mol. The van der Waals surface area contributed by atoms with E-state index in [0.717, 1.165) is 43.7 Å². The van der Waals surface area contributed by atoms with Crippen LogP contribution in [0.25, 0.3) is 10.8 Å². The molecule has 20 heavy (non-hydrogen) atoms. The second-order valence-corrected chi connectivity index (χ2v) is 5.69. The smallest absolute Gasteiger partial charge is 0.0922 e. The van der Waals surface area contributed by atoms with Gasteiger partial charge < -0.3 is 10.0 Å². The van der Waals surface area contributed by atoms with Crippen LogP contribution in [0.2, 0.25) is 0 Å². The van der Waals surface area contributed by atoms with Gasteiger partial charge in [-0.2, -0.15) is 0 Å². The summed E-state index contributed by atoms with van der Waals surface area (Å²) < 4.78 is 0. The predicted octanol–water partition coefficient (Wildman–Crippen LogP) is 2.12. The van der Waals surface area contributed by atoms with Crippen LogP contribution >= 0.6 is 0 Å². The van der Waals surface area contributed by atoms with Crippen molar-refractivity contribution in [2.45, 2.75) is 6.10 Å². The first-order valence-electron chi connectivity index (χ1n) is 7.30. The molecule has 2 aromatic rings. The highest BCUT2D eigenvalue weighted by atomic mass is 16.3. The molecule has 0 spiro atoms. The van der Waals surface area contributed by atoms with Gasteiger partial charge in [0.2, 0.25) is 0 Å². The maximum absolute atomic E-state index is 10.6. The Balaban J connectivity index is 1.77. The van der Waals surface area contributed by atoms with Crippen molar-refractivity contribution in [1.29, 1.82) is 0 Å². The number of rotatable bonds is 3. The number of piperazine rings is 1. The first-order valence-corrected chi connectivity index (χ1v) is 7.30. The number of likely N-dealkylation sites (N-methyl/N-ethyl adjacent to an activating group) is 1. The minimum atomic E-state index is -0.412. The van der Waals surface area contributed by atoms with E-state index in [4.69, 9.17) is 0 Å². The Kier molecular flexibility index (Phi) is 4.01. The molecule has 0 unspecified atom stereocenters. The second-order valence-electron chi connectivity index (χ2n) is 5.69. The summed E-state index contributed by atoms with van der Waals surface area (Å²) in [6.45, 7) is 4.98. The predicted molar refractivity (Wildman–Crippen MR) is 82.8 cm³/mol. The van der Waals surface area contributed by atoms with E-state index in [0.29, 0.717) is 0 Å². The summed E-state index contributed by atoms with van der Waals surface area (Å²) in [6.07, 6.45) is -0.412. The Hall–Kier alpha value is -1.42. The molecule has 0 saturated carbocycles. The highest BCUT2D eigenvalue weighted by Crippen LogP contribution is 2.25. The Morgan fingerprint density at radius 2 is 1.70 bits per heavy atom. The molecular weight excluding hydrogens is 248 g/mol. The third kappa shape index (κ3) is 2.85. The van der Waals surface area contributed by atoms with Crippen molar-refractivity contribution in [2.75, 3.05) is 39.8 Å². The third-order valence-electron chi connectivity index (χ3n) is 4.21. The van der Waals surface area contributed by atoms with Gasteiger partial charge >= 0.3 is 0 Å². The zero-order valence-corrected chi connectivity index (χ0v) is 12.0. The molecule has 1 atom stereocenters. The molecule has 1 heterocycles. The highest BCUT2D eigenvalue weighted by Gasteiger charge is 2.19. The summed E-state index contributed by atoms with van der Waals surface area (Å²) in [5.74, 6) is 0. The van der Waals surface area contributed by atoms with Gasteiger partial charge in [-0.05, 0) is 23.4 Å². The number of fused-ring (bicyclic) bond motifs is 1. The number of β-amino-alcohol motifs (C(OH)–C–C–N with tert-alkyl or cyclic N) is 1. The van der Waals surface area contributed by atoms with Crippen LogP contribution in [0.1, 0.15) is 11.7 Å². The van der Waals surface area contributed by atoms with Crippen molar-refractivity contribution in [3.8, 4) is 0 Å². The third-order valence-corrected chi connectivity index (χ3v) is 4.21. The number of hydrogen-bond acceptors (Lipinski definition) is 3. The molecule has 1 aliphatic rings. The zero-order valence-electron chi connectivity index (χ0n) is 12.0. The van der Waals surface area contributed by atoms with Crippen LogP contribution in [-0.4, -0.2) is 54.7 Å². The number of hydrogen-bond donors (Lipinski definition) is 1. The lowest BCUT2D eigenvalue weighted by Crippen LogP contribution is -2.45. The van der Waals surface area contributed by atoms with Crippen molar-refractivity contribution >= 4 is 10.8 Å². The van der Waals surface area contributed by atoms with Crippen LogP contribution < -0.4 is 0 Å². The average Bonchev–Trinajstić information content (AvgIpc) is 2.49. The Labute approximate surface area is 120 Å². The van der Waals surface area contributed by atoms with E-state index in [-0.39, 0.29) is 0 Å². The van der Waals surface area contributed by atoms with Crippen LogP contribution in [0.3, 0.4) is 0 Å². The van der Waals surface area contributed by atoms with Gasteiger partial charge in [0.05, 0.1) is 6.10 Å². The number of nitrogens with zero attached hydrogens (tertiary/aromatic N) is 2. The summed E-state index contributed by atoms with van der Waals surface area (Å²) >= 11 is 0. The minimum absolute atomic E-state index is 0.412. The zero-order chi connectivity index (χ0) is 13.9. The van der Waals surface area contributed by atoms with Gasteiger partial charge in [0, 0.05) is 32.7 Å². The Morgan fingerprint density at radius 1 is 1.00 bits per heavy atom. The lowest BCUT2D eigenvalue weighted by molar-refractivity contribution is 0.0812. The molecule has 106 valence electrons. The fourth-order valence-electron chi connectivity index (χ4n) is 2.91. The van der Waals surface area contributed by atoms with E-state index >= 15 is 0 Å². The lowest BCUT2D eigenvalue weighted by atomic mass is 10.00. The van der Waals surface area contributed by atoms with Gasteiger partial charge in [-0.1, -0.05) is 42.5 Å². The van der Waals surface area contributed by atoms with Gasteiger partial charge in [-0.15, -0.1) is 0 Å². The molecule has 3 rings (SSSR count). The fraction of sp³-hybridized carbons (Fsp3) is 0.412. The molecule has 0 amide bonds. The van der Waals surface area contributed by atoms with Crippen molar-refractivity contribution in [3.63, 3.8) is 0 Å². The summed E-state index contributed by atoms with van der Waals surface area (Å²) in [5, 5.41) is 12.9. The first kappa shape index (κ1) is 13.6. The molecule has 3 nitrogen and oxygen atoms in total. The van der Waals surface area contributed by atoms with E-state index < -0.39 is 6.10 Å². The normalized spacial score (nSPS) is 19.3. The van der Waals surface area contributed by atoms with Crippen LogP contribution in [0.5, 0.6) is 0 Å². The lowest BCUT2D eigenvalue weighted by Gasteiger charge is -2.33. The topological polar surface area (TPSA) is 26.7 Å². The largest absolute Gasteiger partial charge is 0.387 e. The monoisotopic (exact) mass is 270 g/mol. The van der Waals surface area contributed by atoms with Crippen molar-refractivity contribution in [2.24, 2.45) is 0 Å². The molecule has 1 N–H and O–H groups in total.